The number of rotatable bonds is 3. The van der Waals surface area contributed by atoms with E-state index >= 15 is 0 Å². The molecule has 1 amide bonds. The Morgan fingerprint density at radius 3 is 1.96 bits per heavy atom. The maximum atomic E-state index is 13.1. The van der Waals surface area contributed by atoms with Crippen LogP contribution < -0.4 is 5.32 Å². The molecule has 5 aliphatic rings. The minimum Gasteiger partial charge on any atom is -0.351 e. The molecule has 0 aromatic carbocycles. The third kappa shape index (κ3) is 2.82. The molecule has 4 bridgehead atoms. The van der Waals surface area contributed by atoms with Crippen LogP contribution in [0.4, 0.5) is 0 Å². The number of carbonyl (C=O) groups is 1. The molecule has 4 heteroatoms. The van der Waals surface area contributed by atoms with Gasteiger partial charge in [-0.25, -0.2) is 0 Å². The molecule has 1 aliphatic heterocycles. The van der Waals surface area contributed by atoms with Gasteiger partial charge < -0.3 is 10.2 Å². The molecule has 0 radical (unpaired) electrons. The molecule has 5 fully saturated rings. The van der Waals surface area contributed by atoms with Crippen molar-refractivity contribution in [3.8, 4) is 0 Å². The topological polar surface area (TPSA) is 35.6 Å². The predicted molar refractivity (Wildman–Crippen MR) is 92.1 cm³/mol. The van der Waals surface area contributed by atoms with Crippen molar-refractivity contribution in [2.24, 2.45) is 23.7 Å². The lowest BCUT2D eigenvalue weighted by Crippen LogP contribution is -2.64. The van der Waals surface area contributed by atoms with Crippen molar-refractivity contribution in [2.75, 3.05) is 33.2 Å². The van der Waals surface area contributed by atoms with Crippen LogP contribution in [0.1, 0.15) is 46.0 Å². The van der Waals surface area contributed by atoms with Crippen LogP contribution in [-0.4, -0.2) is 60.5 Å². The average molecular weight is 319 g/mol. The van der Waals surface area contributed by atoms with Gasteiger partial charge in [0.05, 0.1) is 5.54 Å². The maximum Gasteiger partial charge on any atom is 0.240 e. The normalized spacial score (nSPS) is 41.3. The molecular weight excluding hydrogens is 286 g/mol. The van der Waals surface area contributed by atoms with Crippen LogP contribution in [0.15, 0.2) is 0 Å². The average Bonchev–Trinajstić information content (AvgIpc) is 2.50. The first-order valence-electron chi connectivity index (χ1n) is 9.68. The summed E-state index contributed by atoms with van der Waals surface area (Å²) in [7, 11) is 2.17. The quantitative estimate of drug-likeness (QED) is 0.864. The molecule has 4 saturated carbocycles. The molecule has 0 aromatic rings. The Bertz CT molecular complexity index is 439. The number of hydrogen-bond donors (Lipinski definition) is 1. The fraction of sp³-hybridized carbons (Fsp3) is 0.947. The summed E-state index contributed by atoms with van der Waals surface area (Å²) in [5, 5.41) is 3.52. The molecular formula is C19H33N3O. The Balaban J connectivity index is 1.41. The molecule has 0 aromatic heterocycles. The van der Waals surface area contributed by atoms with Crippen LogP contribution in [0, 0.1) is 23.7 Å². The highest BCUT2D eigenvalue weighted by Crippen LogP contribution is 2.53. The van der Waals surface area contributed by atoms with Gasteiger partial charge in [-0.1, -0.05) is 0 Å². The van der Waals surface area contributed by atoms with Crippen LogP contribution in [0.25, 0.3) is 0 Å². The third-order valence-electron chi connectivity index (χ3n) is 7.37. The third-order valence-corrected chi connectivity index (χ3v) is 7.37. The Morgan fingerprint density at radius 1 is 0.913 bits per heavy atom. The molecule has 4 nitrogen and oxygen atoms in total. The smallest absolute Gasteiger partial charge is 0.240 e. The van der Waals surface area contributed by atoms with E-state index < -0.39 is 0 Å². The summed E-state index contributed by atoms with van der Waals surface area (Å²) in [5.41, 5.74) is -0.379. The first kappa shape index (κ1) is 15.9. The molecule has 5 rings (SSSR count). The lowest BCUT2D eigenvalue weighted by molar-refractivity contribution is -0.136. The zero-order chi connectivity index (χ0) is 16.2. The van der Waals surface area contributed by atoms with Crippen LogP contribution in [0.5, 0.6) is 0 Å². The van der Waals surface area contributed by atoms with Gasteiger partial charge in [0.15, 0.2) is 0 Å². The summed E-state index contributed by atoms with van der Waals surface area (Å²) in [5.74, 6) is 3.73. The SMILES string of the molecule is CN1CCN(C(C)(C)C(=O)NC2C3CC4CC(C3)CC2C4)CC1. The van der Waals surface area contributed by atoms with Crippen LogP contribution >= 0.6 is 0 Å². The fourth-order valence-electron chi connectivity index (χ4n) is 6.00. The molecule has 1 saturated heterocycles. The molecule has 23 heavy (non-hydrogen) atoms. The van der Waals surface area contributed by atoms with E-state index in [-0.39, 0.29) is 11.4 Å². The van der Waals surface area contributed by atoms with Crippen LogP contribution in [-0.2, 0) is 4.79 Å². The van der Waals surface area contributed by atoms with Crippen molar-refractivity contribution in [2.45, 2.75) is 57.5 Å². The van der Waals surface area contributed by atoms with Crippen molar-refractivity contribution in [1.82, 2.24) is 15.1 Å². The molecule has 0 spiro atoms. The second-order valence-electron chi connectivity index (χ2n) is 9.28. The number of nitrogens with zero attached hydrogens (tertiary/aromatic N) is 2. The summed E-state index contributed by atoms with van der Waals surface area (Å²) in [6.07, 6.45) is 6.94. The maximum absolute atomic E-state index is 13.1. The van der Waals surface area contributed by atoms with Crippen molar-refractivity contribution in [1.29, 1.82) is 0 Å². The van der Waals surface area contributed by atoms with Gasteiger partial charge in [-0.2, -0.15) is 0 Å². The van der Waals surface area contributed by atoms with E-state index in [1.165, 1.54) is 32.1 Å². The highest BCUT2D eigenvalue weighted by atomic mass is 16.2. The van der Waals surface area contributed by atoms with Crippen LogP contribution in [0.2, 0.25) is 0 Å². The lowest BCUT2D eigenvalue weighted by Gasteiger charge is -2.55. The van der Waals surface area contributed by atoms with E-state index in [9.17, 15) is 4.79 Å². The monoisotopic (exact) mass is 319 g/mol. The van der Waals surface area contributed by atoms with Crippen molar-refractivity contribution in [3.05, 3.63) is 0 Å². The predicted octanol–water partition coefficient (Wildman–Crippen LogP) is 1.95. The van der Waals surface area contributed by atoms with Gasteiger partial charge in [-0.3, -0.25) is 9.69 Å². The largest absolute Gasteiger partial charge is 0.351 e. The minimum absolute atomic E-state index is 0.263. The van der Waals surface area contributed by atoms with Gasteiger partial charge in [0.25, 0.3) is 0 Å². The first-order valence-corrected chi connectivity index (χ1v) is 9.68. The Morgan fingerprint density at radius 2 is 1.43 bits per heavy atom. The van der Waals surface area contributed by atoms with Gasteiger partial charge in [-0.15, -0.1) is 0 Å². The lowest BCUT2D eigenvalue weighted by atomic mass is 9.54. The van der Waals surface area contributed by atoms with E-state index in [0.717, 1.165) is 49.9 Å². The van der Waals surface area contributed by atoms with Gasteiger partial charge in [-0.05, 0) is 76.7 Å². The van der Waals surface area contributed by atoms with E-state index in [0.29, 0.717) is 6.04 Å². The second-order valence-corrected chi connectivity index (χ2v) is 9.28. The van der Waals surface area contributed by atoms with Gasteiger partial charge in [0.2, 0.25) is 5.91 Å². The summed E-state index contributed by atoms with van der Waals surface area (Å²) in [4.78, 5) is 17.8. The second kappa shape index (κ2) is 5.73. The highest BCUT2D eigenvalue weighted by Gasteiger charge is 2.49. The zero-order valence-electron chi connectivity index (χ0n) is 15.1. The Labute approximate surface area is 141 Å². The molecule has 1 heterocycles. The first-order chi connectivity index (χ1) is 10.9. The van der Waals surface area contributed by atoms with Crippen LogP contribution in [0.3, 0.4) is 0 Å². The van der Waals surface area contributed by atoms with Crippen molar-refractivity contribution in [3.63, 3.8) is 0 Å². The number of likely N-dealkylation sites (N-methyl/N-ethyl adjacent to an activating group) is 1. The van der Waals surface area contributed by atoms with E-state index in [1.807, 2.05) is 0 Å². The number of amides is 1. The Kier molecular flexibility index (Phi) is 3.96. The van der Waals surface area contributed by atoms with Gasteiger partial charge in [0.1, 0.15) is 0 Å². The molecule has 130 valence electrons. The zero-order valence-corrected chi connectivity index (χ0v) is 15.1. The Hall–Kier alpha value is -0.610. The van der Waals surface area contributed by atoms with E-state index in [1.54, 1.807) is 0 Å². The number of piperazine rings is 1. The summed E-state index contributed by atoms with van der Waals surface area (Å²) < 4.78 is 0. The van der Waals surface area contributed by atoms with Crippen molar-refractivity contribution >= 4 is 5.91 Å². The molecule has 0 atom stereocenters. The van der Waals surface area contributed by atoms with Gasteiger partial charge in [0, 0.05) is 32.2 Å². The molecule has 1 N–H and O–H groups in total. The standard InChI is InChI=1S/C19H33N3O/c1-19(2,22-6-4-21(3)5-7-22)18(23)20-17-15-9-13-8-14(11-15)12-16(17)10-13/h13-17H,4-12H2,1-3H3,(H,20,23). The van der Waals surface area contributed by atoms with E-state index in [4.69, 9.17) is 0 Å². The summed E-state index contributed by atoms with van der Waals surface area (Å²) in [6, 6.07) is 0.460. The number of nitrogens with one attached hydrogen (secondary N) is 1. The fourth-order valence-corrected chi connectivity index (χ4v) is 6.00. The van der Waals surface area contributed by atoms with Gasteiger partial charge >= 0.3 is 0 Å². The molecule has 0 unspecified atom stereocenters. The summed E-state index contributed by atoms with van der Waals surface area (Å²) in [6.45, 7) is 8.36. The minimum atomic E-state index is -0.379. The summed E-state index contributed by atoms with van der Waals surface area (Å²) >= 11 is 0. The van der Waals surface area contributed by atoms with E-state index in [2.05, 4.69) is 36.0 Å². The number of hydrogen-bond acceptors (Lipinski definition) is 3. The van der Waals surface area contributed by atoms with Crippen molar-refractivity contribution < 1.29 is 4.79 Å². The number of carbonyl (C=O) groups excluding carboxylic acids is 1. The highest BCUT2D eigenvalue weighted by molar-refractivity contribution is 5.85. The molecule has 4 aliphatic carbocycles.